The largest absolute Gasteiger partial charge is 0.395 e. The standard InChI is InChI=1S/C17H28O3S.C4H11NO2/c1-2-3-4-5-6-7-8-9-13-16-20-21(18,19)17-14-11-10-12-15-17;6-3-1-5-2-4-7/h10-12,14-15H,2-9,13,16H2,1H3;5-7H,1-4H2. The minimum absolute atomic E-state index is 0.139. The number of hydrogen-bond acceptors (Lipinski definition) is 6. The van der Waals surface area contributed by atoms with Crippen molar-refractivity contribution in [3.05, 3.63) is 30.3 Å². The lowest BCUT2D eigenvalue weighted by molar-refractivity contribution is 0.266. The zero-order valence-electron chi connectivity index (χ0n) is 17.3. The summed E-state index contributed by atoms with van der Waals surface area (Å²) in [5.41, 5.74) is 0. The van der Waals surface area contributed by atoms with E-state index in [-0.39, 0.29) is 24.7 Å². The second-order valence-corrected chi connectivity index (χ2v) is 8.23. The molecule has 28 heavy (non-hydrogen) atoms. The first-order chi connectivity index (χ1) is 13.6. The van der Waals surface area contributed by atoms with E-state index in [1.54, 1.807) is 30.3 Å². The van der Waals surface area contributed by atoms with Crippen LogP contribution in [0, 0.1) is 0 Å². The number of rotatable bonds is 16. The lowest BCUT2D eigenvalue weighted by Crippen LogP contribution is -2.21. The maximum Gasteiger partial charge on any atom is 0.296 e. The molecule has 0 aliphatic heterocycles. The van der Waals surface area contributed by atoms with Crippen LogP contribution in [0.15, 0.2) is 35.2 Å². The summed E-state index contributed by atoms with van der Waals surface area (Å²) in [5.74, 6) is 0. The van der Waals surface area contributed by atoms with E-state index in [0.29, 0.717) is 13.1 Å². The molecule has 0 aromatic heterocycles. The first-order valence-corrected chi connectivity index (χ1v) is 11.9. The predicted molar refractivity (Wildman–Crippen MR) is 114 cm³/mol. The molecule has 1 aromatic rings. The van der Waals surface area contributed by atoms with E-state index in [9.17, 15) is 8.42 Å². The van der Waals surface area contributed by atoms with Crippen LogP contribution in [0.25, 0.3) is 0 Å². The fourth-order valence-electron chi connectivity index (χ4n) is 2.52. The second kappa shape index (κ2) is 19.3. The molecule has 0 radical (unpaired) electrons. The SMILES string of the molecule is CCCCCCCCCCCOS(=O)(=O)c1ccccc1.OCCNCCO. The fourth-order valence-corrected chi connectivity index (χ4v) is 3.48. The Labute approximate surface area is 171 Å². The Bertz CT molecular complexity index is 533. The summed E-state index contributed by atoms with van der Waals surface area (Å²) in [6, 6.07) is 8.32. The van der Waals surface area contributed by atoms with Crippen molar-refractivity contribution < 1.29 is 22.8 Å². The van der Waals surface area contributed by atoms with Gasteiger partial charge in [-0.05, 0) is 18.6 Å². The predicted octanol–water partition coefficient (Wildman–Crippen LogP) is 3.48. The highest BCUT2D eigenvalue weighted by molar-refractivity contribution is 7.86. The van der Waals surface area contributed by atoms with Gasteiger partial charge in [-0.1, -0.05) is 76.5 Å². The first-order valence-electron chi connectivity index (χ1n) is 10.5. The first kappa shape index (κ1) is 27.0. The molecule has 0 bridgehead atoms. The smallest absolute Gasteiger partial charge is 0.296 e. The van der Waals surface area contributed by atoms with Crippen molar-refractivity contribution >= 4 is 10.1 Å². The third kappa shape index (κ3) is 16.0. The highest BCUT2D eigenvalue weighted by Gasteiger charge is 2.13. The molecule has 3 N–H and O–H groups in total. The molecule has 0 atom stereocenters. The normalized spacial score (nSPS) is 11.1. The van der Waals surface area contributed by atoms with Gasteiger partial charge in [0.2, 0.25) is 0 Å². The second-order valence-electron chi connectivity index (χ2n) is 6.61. The summed E-state index contributed by atoms with van der Waals surface area (Å²) in [5, 5.41) is 19.1. The van der Waals surface area contributed by atoms with Crippen molar-refractivity contribution in [1.82, 2.24) is 5.32 Å². The Morgan fingerprint density at radius 3 is 1.82 bits per heavy atom. The number of aliphatic hydroxyl groups excluding tert-OH is 2. The highest BCUT2D eigenvalue weighted by atomic mass is 32.2. The summed E-state index contributed by atoms with van der Waals surface area (Å²) in [6.45, 7) is 3.93. The van der Waals surface area contributed by atoms with E-state index in [1.807, 2.05) is 0 Å². The van der Waals surface area contributed by atoms with Crippen molar-refractivity contribution in [2.75, 3.05) is 32.9 Å². The quantitative estimate of drug-likeness (QED) is 0.281. The molecule has 0 heterocycles. The monoisotopic (exact) mass is 417 g/mol. The summed E-state index contributed by atoms with van der Waals surface area (Å²) in [6.07, 6.45) is 10.8. The van der Waals surface area contributed by atoms with Gasteiger partial charge < -0.3 is 15.5 Å². The highest BCUT2D eigenvalue weighted by Crippen LogP contribution is 2.13. The van der Waals surface area contributed by atoms with E-state index in [0.717, 1.165) is 12.8 Å². The molecule has 0 saturated heterocycles. The van der Waals surface area contributed by atoms with Crippen LogP contribution in [-0.4, -0.2) is 51.5 Å². The van der Waals surface area contributed by atoms with Crippen LogP contribution in [0.3, 0.4) is 0 Å². The van der Waals surface area contributed by atoms with E-state index < -0.39 is 10.1 Å². The molecule has 7 heteroatoms. The summed E-state index contributed by atoms with van der Waals surface area (Å²) < 4.78 is 28.7. The minimum Gasteiger partial charge on any atom is -0.395 e. The molecule has 0 aliphatic rings. The molecule has 0 unspecified atom stereocenters. The molecule has 6 nitrogen and oxygen atoms in total. The minimum atomic E-state index is -3.57. The molecule has 1 aromatic carbocycles. The van der Waals surface area contributed by atoms with Crippen LogP contribution in [0.5, 0.6) is 0 Å². The Morgan fingerprint density at radius 1 is 0.821 bits per heavy atom. The van der Waals surface area contributed by atoms with Gasteiger partial charge in [-0.3, -0.25) is 4.18 Å². The van der Waals surface area contributed by atoms with Crippen molar-refractivity contribution in [2.45, 2.75) is 69.6 Å². The molecular formula is C21H39NO5S. The van der Waals surface area contributed by atoms with Gasteiger partial charge in [-0.2, -0.15) is 8.42 Å². The molecular weight excluding hydrogens is 378 g/mol. The van der Waals surface area contributed by atoms with Gasteiger partial charge in [0.15, 0.2) is 0 Å². The topological polar surface area (TPSA) is 95.9 Å². The Hall–Kier alpha value is -0.990. The Morgan fingerprint density at radius 2 is 1.32 bits per heavy atom. The third-order valence-corrected chi connectivity index (χ3v) is 5.42. The van der Waals surface area contributed by atoms with E-state index in [4.69, 9.17) is 14.4 Å². The zero-order valence-corrected chi connectivity index (χ0v) is 18.1. The van der Waals surface area contributed by atoms with Crippen molar-refractivity contribution in [3.8, 4) is 0 Å². The lowest BCUT2D eigenvalue weighted by Gasteiger charge is -2.05. The average molecular weight is 418 g/mol. The third-order valence-electron chi connectivity index (χ3n) is 4.10. The molecule has 0 fully saturated rings. The molecule has 0 aliphatic carbocycles. The Balaban J connectivity index is 0.000000887. The van der Waals surface area contributed by atoms with Gasteiger partial charge in [-0.25, -0.2) is 0 Å². The molecule has 0 saturated carbocycles. The maximum absolute atomic E-state index is 11.8. The molecule has 164 valence electrons. The fraction of sp³-hybridized carbons (Fsp3) is 0.714. The van der Waals surface area contributed by atoms with Crippen LogP contribution in [-0.2, 0) is 14.3 Å². The van der Waals surface area contributed by atoms with Crippen molar-refractivity contribution in [2.24, 2.45) is 0 Å². The summed E-state index contributed by atoms with van der Waals surface area (Å²) in [7, 11) is -3.57. The Kier molecular flexibility index (Phi) is 18.6. The van der Waals surface area contributed by atoms with Crippen LogP contribution >= 0.6 is 0 Å². The summed E-state index contributed by atoms with van der Waals surface area (Å²) >= 11 is 0. The molecule has 0 spiro atoms. The van der Waals surface area contributed by atoms with Crippen molar-refractivity contribution in [3.63, 3.8) is 0 Å². The van der Waals surface area contributed by atoms with Crippen molar-refractivity contribution in [1.29, 1.82) is 0 Å². The number of aliphatic hydroxyl groups is 2. The van der Waals surface area contributed by atoms with Crippen LogP contribution in [0.2, 0.25) is 0 Å². The van der Waals surface area contributed by atoms with Gasteiger partial charge in [0.25, 0.3) is 10.1 Å². The van der Waals surface area contributed by atoms with Crippen LogP contribution < -0.4 is 5.32 Å². The zero-order chi connectivity index (χ0) is 20.9. The van der Waals surface area contributed by atoms with E-state index >= 15 is 0 Å². The van der Waals surface area contributed by atoms with Gasteiger partial charge >= 0.3 is 0 Å². The van der Waals surface area contributed by atoms with Gasteiger partial charge in [0, 0.05) is 13.1 Å². The van der Waals surface area contributed by atoms with Gasteiger partial charge in [-0.15, -0.1) is 0 Å². The number of hydrogen-bond donors (Lipinski definition) is 3. The van der Waals surface area contributed by atoms with Crippen LogP contribution in [0.1, 0.15) is 64.7 Å². The van der Waals surface area contributed by atoms with E-state index in [2.05, 4.69) is 12.2 Å². The average Bonchev–Trinajstić information content (AvgIpc) is 2.71. The van der Waals surface area contributed by atoms with Crippen LogP contribution in [0.4, 0.5) is 0 Å². The number of benzene rings is 1. The summed E-state index contributed by atoms with van der Waals surface area (Å²) in [4.78, 5) is 0.237. The molecule has 0 amide bonds. The number of nitrogens with one attached hydrogen (secondary N) is 1. The van der Waals surface area contributed by atoms with E-state index in [1.165, 1.54) is 44.9 Å². The van der Waals surface area contributed by atoms with Gasteiger partial charge in [0.05, 0.1) is 24.7 Å². The maximum atomic E-state index is 11.8. The lowest BCUT2D eigenvalue weighted by atomic mass is 10.1. The van der Waals surface area contributed by atoms with Gasteiger partial charge in [0.1, 0.15) is 0 Å². The molecule has 1 rings (SSSR count). The number of unbranched alkanes of at least 4 members (excludes halogenated alkanes) is 8.